The van der Waals surface area contributed by atoms with E-state index in [0.29, 0.717) is 15.2 Å². The fourth-order valence-electron chi connectivity index (χ4n) is 1.57. The summed E-state index contributed by atoms with van der Waals surface area (Å²) >= 11 is 9.01. The van der Waals surface area contributed by atoms with Gasteiger partial charge in [-0.2, -0.15) is 0 Å². The molecule has 0 aliphatic rings. The highest BCUT2D eigenvalue weighted by atomic mass is 79.9. The molecule has 18 heavy (non-hydrogen) atoms. The van der Waals surface area contributed by atoms with Gasteiger partial charge in [-0.25, -0.2) is 4.39 Å². The number of carbonyl (C=O) groups excluding carboxylic acids is 1. The van der Waals surface area contributed by atoms with Crippen LogP contribution >= 0.6 is 27.5 Å². The van der Waals surface area contributed by atoms with Crippen LogP contribution < -0.4 is 5.73 Å². The number of rotatable bonds is 2. The molecule has 0 aliphatic carbocycles. The maximum absolute atomic E-state index is 13.6. The summed E-state index contributed by atoms with van der Waals surface area (Å²) in [6, 6.07) is 8.63. The zero-order chi connectivity index (χ0) is 13.3. The lowest BCUT2D eigenvalue weighted by Crippen LogP contribution is -2.05. The number of benzene rings is 2. The normalized spacial score (nSPS) is 10.4. The monoisotopic (exact) mass is 327 g/mol. The molecule has 0 unspecified atom stereocenters. The van der Waals surface area contributed by atoms with Crippen LogP contribution in [0.4, 0.5) is 10.1 Å². The second kappa shape index (κ2) is 5.08. The molecule has 2 aromatic rings. The van der Waals surface area contributed by atoms with Gasteiger partial charge in [-0.15, -0.1) is 0 Å². The summed E-state index contributed by atoms with van der Waals surface area (Å²) in [7, 11) is 0. The van der Waals surface area contributed by atoms with E-state index in [1.165, 1.54) is 36.4 Å². The third-order valence-electron chi connectivity index (χ3n) is 2.36. The summed E-state index contributed by atoms with van der Waals surface area (Å²) in [6.45, 7) is 0. The molecule has 0 aromatic heterocycles. The van der Waals surface area contributed by atoms with Crippen LogP contribution in [0.15, 0.2) is 40.9 Å². The van der Waals surface area contributed by atoms with Crippen molar-refractivity contribution < 1.29 is 9.18 Å². The van der Waals surface area contributed by atoms with Crippen LogP contribution in [0.5, 0.6) is 0 Å². The number of anilines is 1. The van der Waals surface area contributed by atoms with Crippen molar-refractivity contribution in [3.8, 4) is 0 Å². The Hall–Kier alpha value is -1.39. The standard InChI is InChI=1S/C13H8BrClFNO/c14-8-1-2-12(16)11(5-8)13(18)7-3-9(15)6-10(17)4-7/h1-6H,17H2. The van der Waals surface area contributed by atoms with Crippen molar-refractivity contribution in [3.63, 3.8) is 0 Å². The first-order chi connectivity index (χ1) is 8.47. The summed E-state index contributed by atoms with van der Waals surface area (Å²) in [6.07, 6.45) is 0. The van der Waals surface area contributed by atoms with Gasteiger partial charge in [0.2, 0.25) is 0 Å². The van der Waals surface area contributed by atoms with Gasteiger partial charge in [-0.3, -0.25) is 4.79 Å². The Morgan fingerprint density at radius 2 is 1.94 bits per heavy atom. The van der Waals surface area contributed by atoms with Crippen molar-refractivity contribution in [2.45, 2.75) is 0 Å². The van der Waals surface area contributed by atoms with E-state index >= 15 is 0 Å². The number of nitrogens with two attached hydrogens (primary N) is 1. The van der Waals surface area contributed by atoms with Crippen LogP contribution in [-0.2, 0) is 0 Å². The molecule has 2 N–H and O–H groups in total. The summed E-state index contributed by atoms with van der Waals surface area (Å²) in [4.78, 5) is 12.1. The summed E-state index contributed by atoms with van der Waals surface area (Å²) in [5, 5.41) is 0.341. The molecule has 0 radical (unpaired) electrons. The molecular weight excluding hydrogens is 321 g/mol. The van der Waals surface area contributed by atoms with E-state index in [9.17, 15) is 9.18 Å². The van der Waals surface area contributed by atoms with Gasteiger partial charge in [0.05, 0.1) is 5.56 Å². The highest BCUT2D eigenvalue weighted by Crippen LogP contribution is 2.22. The minimum atomic E-state index is -0.582. The Bertz CT molecular complexity index is 610. The van der Waals surface area contributed by atoms with E-state index < -0.39 is 11.6 Å². The Labute approximate surface area is 117 Å². The number of hydrogen-bond acceptors (Lipinski definition) is 2. The number of nitrogen functional groups attached to an aromatic ring is 1. The summed E-state index contributed by atoms with van der Waals surface area (Å²) in [5.41, 5.74) is 6.20. The lowest BCUT2D eigenvalue weighted by Gasteiger charge is -2.05. The SMILES string of the molecule is Nc1cc(Cl)cc(C(=O)c2cc(Br)ccc2F)c1. The summed E-state index contributed by atoms with van der Waals surface area (Å²) < 4.78 is 14.2. The van der Waals surface area contributed by atoms with Gasteiger partial charge in [0.15, 0.2) is 5.78 Å². The minimum absolute atomic E-state index is 0.0222. The summed E-state index contributed by atoms with van der Waals surface area (Å²) in [5.74, 6) is -1.04. The maximum atomic E-state index is 13.6. The van der Waals surface area contributed by atoms with Crippen molar-refractivity contribution in [2.75, 3.05) is 5.73 Å². The van der Waals surface area contributed by atoms with Gasteiger partial charge in [0, 0.05) is 20.7 Å². The first-order valence-corrected chi connectivity index (χ1v) is 6.20. The molecule has 0 saturated carbocycles. The first-order valence-electron chi connectivity index (χ1n) is 5.03. The van der Waals surface area contributed by atoms with Crippen LogP contribution in [0, 0.1) is 5.82 Å². The zero-order valence-electron chi connectivity index (χ0n) is 9.08. The molecule has 0 bridgehead atoms. The van der Waals surface area contributed by atoms with Crippen molar-refractivity contribution in [1.29, 1.82) is 0 Å². The largest absolute Gasteiger partial charge is 0.399 e. The van der Waals surface area contributed by atoms with Crippen molar-refractivity contribution >= 4 is 39.0 Å². The Balaban J connectivity index is 2.51. The van der Waals surface area contributed by atoms with Gasteiger partial charge in [0.25, 0.3) is 0 Å². The molecule has 2 aromatic carbocycles. The van der Waals surface area contributed by atoms with Gasteiger partial charge in [-0.1, -0.05) is 27.5 Å². The van der Waals surface area contributed by atoms with Crippen LogP contribution in [0.3, 0.4) is 0 Å². The van der Waals surface area contributed by atoms with Crippen molar-refractivity contribution in [3.05, 3.63) is 62.8 Å². The number of halogens is 3. The Kier molecular flexibility index (Phi) is 3.68. The number of carbonyl (C=O) groups is 1. The molecule has 0 saturated heterocycles. The molecule has 0 aliphatic heterocycles. The van der Waals surface area contributed by atoms with Gasteiger partial charge >= 0.3 is 0 Å². The van der Waals surface area contributed by atoms with Crippen molar-refractivity contribution in [2.24, 2.45) is 0 Å². The van der Waals surface area contributed by atoms with Gasteiger partial charge in [0.1, 0.15) is 5.82 Å². The first kappa shape index (κ1) is 13.1. The maximum Gasteiger partial charge on any atom is 0.196 e. The van der Waals surface area contributed by atoms with Crippen LogP contribution in [-0.4, -0.2) is 5.78 Å². The second-order valence-corrected chi connectivity index (χ2v) is 5.08. The van der Waals surface area contributed by atoms with Gasteiger partial charge in [-0.05, 0) is 36.4 Å². The average molecular weight is 329 g/mol. The molecule has 0 spiro atoms. The third kappa shape index (κ3) is 2.71. The molecular formula is C13H8BrClFNO. The van der Waals surface area contributed by atoms with E-state index in [0.717, 1.165) is 0 Å². The van der Waals surface area contributed by atoms with E-state index in [1.54, 1.807) is 0 Å². The topological polar surface area (TPSA) is 43.1 Å². The lowest BCUT2D eigenvalue weighted by atomic mass is 10.0. The van der Waals surface area contributed by atoms with Crippen molar-refractivity contribution in [1.82, 2.24) is 0 Å². The van der Waals surface area contributed by atoms with E-state index in [-0.39, 0.29) is 11.1 Å². The molecule has 2 nitrogen and oxygen atoms in total. The highest BCUT2D eigenvalue weighted by molar-refractivity contribution is 9.10. The zero-order valence-corrected chi connectivity index (χ0v) is 11.4. The highest BCUT2D eigenvalue weighted by Gasteiger charge is 2.15. The number of hydrogen-bond donors (Lipinski definition) is 1. The average Bonchev–Trinajstić information content (AvgIpc) is 2.30. The minimum Gasteiger partial charge on any atom is -0.399 e. The smallest absolute Gasteiger partial charge is 0.196 e. The molecule has 5 heteroatoms. The molecule has 0 amide bonds. The van der Waals surface area contributed by atoms with Crippen LogP contribution in [0.1, 0.15) is 15.9 Å². The Morgan fingerprint density at radius 1 is 1.22 bits per heavy atom. The molecule has 0 atom stereocenters. The second-order valence-electron chi connectivity index (χ2n) is 3.73. The fourth-order valence-corrected chi connectivity index (χ4v) is 2.18. The lowest BCUT2D eigenvalue weighted by molar-refractivity contribution is 0.103. The van der Waals surface area contributed by atoms with E-state index in [4.69, 9.17) is 17.3 Å². The predicted octanol–water partition coefficient (Wildman–Crippen LogP) is 4.05. The quantitative estimate of drug-likeness (QED) is 0.667. The number of ketones is 1. The van der Waals surface area contributed by atoms with Crippen LogP contribution in [0.25, 0.3) is 0 Å². The van der Waals surface area contributed by atoms with E-state index in [2.05, 4.69) is 15.9 Å². The fraction of sp³-hybridized carbons (Fsp3) is 0. The molecule has 2 rings (SSSR count). The molecule has 0 heterocycles. The Morgan fingerprint density at radius 3 is 2.61 bits per heavy atom. The molecule has 92 valence electrons. The van der Waals surface area contributed by atoms with Crippen LogP contribution in [0.2, 0.25) is 5.02 Å². The molecule has 0 fully saturated rings. The third-order valence-corrected chi connectivity index (χ3v) is 3.07. The predicted molar refractivity (Wildman–Crippen MR) is 73.4 cm³/mol. The van der Waals surface area contributed by atoms with E-state index in [1.807, 2.05) is 0 Å². The van der Waals surface area contributed by atoms with Gasteiger partial charge < -0.3 is 5.73 Å².